The highest BCUT2D eigenvalue weighted by molar-refractivity contribution is 8.00. The molecule has 0 aliphatic rings. The van der Waals surface area contributed by atoms with Crippen LogP contribution in [-0.2, 0) is 22.6 Å². The second-order valence-electron chi connectivity index (χ2n) is 6.92. The molecule has 0 saturated heterocycles. The van der Waals surface area contributed by atoms with Gasteiger partial charge in [-0.3, -0.25) is 4.79 Å². The van der Waals surface area contributed by atoms with Crippen LogP contribution < -0.4 is 5.32 Å². The van der Waals surface area contributed by atoms with E-state index in [-0.39, 0.29) is 41.2 Å². The highest BCUT2D eigenvalue weighted by Crippen LogP contribution is 2.36. The number of aryl methyl sites for hydroxylation is 2. The number of hydrogen-bond donors (Lipinski definition) is 1. The van der Waals surface area contributed by atoms with E-state index in [0.717, 1.165) is 16.8 Å². The standard InChI is InChI=1S/C22H19F3N2O3S2/c1-13-3-4-14(2)18(9-13)27-19(28)10-20-26-16(12-31-20)11-30-21(29)15-5-7-17(8-6-15)32-22(23,24)25/h3-9,12H,10-11H2,1-2H3,(H,27,28). The summed E-state index contributed by atoms with van der Waals surface area (Å²) in [6.07, 6.45) is 0.0876. The Hall–Kier alpha value is -2.85. The van der Waals surface area contributed by atoms with Crippen LogP contribution in [-0.4, -0.2) is 22.4 Å². The van der Waals surface area contributed by atoms with Gasteiger partial charge in [-0.1, -0.05) is 12.1 Å². The first kappa shape index (κ1) is 23.8. The van der Waals surface area contributed by atoms with E-state index in [4.69, 9.17) is 4.74 Å². The van der Waals surface area contributed by atoms with Crippen LogP contribution in [0.3, 0.4) is 0 Å². The number of rotatable bonds is 7. The van der Waals surface area contributed by atoms with Gasteiger partial charge in [0.2, 0.25) is 5.91 Å². The monoisotopic (exact) mass is 480 g/mol. The van der Waals surface area contributed by atoms with Crippen LogP contribution in [0.25, 0.3) is 0 Å². The lowest BCUT2D eigenvalue weighted by Crippen LogP contribution is -2.15. The van der Waals surface area contributed by atoms with Crippen LogP contribution in [0.4, 0.5) is 18.9 Å². The Morgan fingerprint density at radius 3 is 2.53 bits per heavy atom. The van der Waals surface area contributed by atoms with Crippen molar-refractivity contribution in [1.82, 2.24) is 4.98 Å². The number of esters is 1. The third-order valence-electron chi connectivity index (χ3n) is 4.25. The van der Waals surface area contributed by atoms with Gasteiger partial charge in [0.15, 0.2) is 0 Å². The van der Waals surface area contributed by atoms with Crippen molar-refractivity contribution in [1.29, 1.82) is 0 Å². The molecule has 3 rings (SSSR count). The van der Waals surface area contributed by atoms with Crippen molar-refractivity contribution in [2.75, 3.05) is 5.32 Å². The molecule has 1 aromatic heterocycles. The molecule has 0 spiro atoms. The predicted octanol–water partition coefficient (Wildman–Crippen LogP) is 5.91. The van der Waals surface area contributed by atoms with Gasteiger partial charge in [-0.25, -0.2) is 9.78 Å². The Balaban J connectivity index is 1.51. The smallest absolute Gasteiger partial charge is 0.446 e. The van der Waals surface area contributed by atoms with Crippen molar-refractivity contribution in [2.24, 2.45) is 0 Å². The molecule has 1 heterocycles. The van der Waals surface area contributed by atoms with Crippen molar-refractivity contribution >= 4 is 40.7 Å². The largest absolute Gasteiger partial charge is 0.456 e. The maximum absolute atomic E-state index is 12.4. The van der Waals surface area contributed by atoms with Crippen molar-refractivity contribution < 1.29 is 27.5 Å². The minimum Gasteiger partial charge on any atom is -0.456 e. The Morgan fingerprint density at radius 1 is 1.12 bits per heavy atom. The van der Waals surface area contributed by atoms with Crippen molar-refractivity contribution in [3.05, 3.63) is 75.2 Å². The van der Waals surface area contributed by atoms with Crippen molar-refractivity contribution in [3.63, 3.8) is 0 Å². The molecule has 0 fully saturated rings. The zero-order chi connectivity index (χ0) is 23.3. The second-order valence-corrected chi connectivity index (χ2v) is 9.01. The number of nitrogens with one attached hydrogen (secondary N) is 1. The van der Waals surface area contributed by atoms with E-state index in [1.807, 2.05) is 32.0 Å². The third kappa shape index (κ3) is 7.10. The average molecular weight is 481 g/mol. The van der Waals surface area contributed by atoms with Crippen LogP contribution in [0.15, 0.2) is 52.7 Å². The molecule has 0 radical (unpaired) electrons. The lowest BCUT2D eigenvalue weighted by molar-refractivity contribution is -0.115. The number of anilines is 1. The first-order valence-electron chi connectivity index (χ1n) is 9.42. The fraction of sp³-hybridized carbons (Fsp3) is 0.227. The molecule has 1 N–H and O–H groups in total. The molecule has 0 unspecified atom stereocenters. The summed E-state index contributed by atoms with van der Waals surface area (Å²) in [5, 5.41) is 5.14. The third-order valence-corrected chi connectivity index (χ3v) is 5.89. The quantitative estimate of drug-likeness (QED) is 0.336. The second kappa shape index (κ2) is 10.2. The van der Waals surface area contributed by atoms with E-state index in [9.17, 15) is 22.8 Å². The molecule has 3 aromatic rings. The summed E-state index contributed by atoms with van der Waals surface area (Å²) < 4.78 is 42.3. The SMILES string of the molecule is Cc1ccc(C)c(NC(=O)Cc2nc(COC(=O)c3ccc(SC(F)(F)F)cc3)cs2)c1. The van der Waals surface area contributed by atoms with Crippen LogP contribution in [0.2, 0.25) is 0 Å². The van der Waals surface area contributed by atoms with Gasteiger partial charge in [-0.2, -0.15) is 13.2 Å². The Labute approximate surface area is 191 Å². The minimum absolute atomic E-state index is 0.0164. The lowest BCUT2D eigenvalue weighted by atomic mass is 10.1. The van der Waals surface area contributed by atoms with Crippen LogP contribution in [0, 0.1) is 13.8 Å². The van der Waals surface area contributed by atoms with Crippen molar-refractivity contribution in [2.45, 2.75) is 37.3 Å². The molecule has 5 nitrogen and oxygen atoms in total. The first-order valence-corrected chi connectivity index (χ1v) is 11.1. The molecular weight excluding hydrogens is 461 g/mol. The van der Waals surface area contributed by atoms with Gasteiger partial charge in [0.05, 0.1) is 17.7 Å². The highest BCUT2D eigenvalue weighted by Gasteiger charge is 2.29. The van der Waals surface area contributed by atoms with Gasteiger partial charge in [-0.15, -0.1) is 11.3 Å². The molecule has 32 heavy (non-hydrogen) atoms. The van der Waals surface area contributed by atoms with Gasteiger partial charge in [0.1, 0.15) is 11.6 Å². The van der Waals surface area contributed by atoms with Gasteiger partial charge in [0, 0.05) is 16.0 Å². The van der Waals surface area contributed by atoms with E-state index in [2.05, 4.69) is 10.3 Å². The number of nitrogens with zero attached hydrogens (tertiary/aromatic N) is 1. The van der Waals surface area contributed by atoms with Crippen LogP contribution >= 0.6 is 23.1 Å². The summed E-state index contributed by atoms with van der Waals surface area (Å²) in [4.78, 5) is 28.7. The molecular formula is C22H19F3N2O3S2. The first-order chi connectivity index (χ1) is 15.1. The average Bonchev–Trinajstić information content (AvgIpc) is 3.15. The number of carbonyl (C=O) groups excluding carboxylic acids is 2. The van der Waals surface area contributed by atoms with Crippen LogP contribution in [0.5, 0.6) is 0 Å². The molecule has 168 valence electrons. The molecule has 0 bridgehead atoms. The number of alkyl halides is 3. The number of ether oxygens (including phenoxy) is 1. The van der Waals surface area contributed by atoms with E-state index < -0.39 is 11.5 Å². The fourth-order valence-corrected chi connectivity index (χ4v) is 4.03. The van der Waals surface area contributed by atoms with Gasteiger partial charge in [0.25, 0.3) is 0 Å². The van der Waals surface area contributed by atoms with E-state index in [0.29, 0.717) is 10.7 Å². The maximum Gasteiger partial charge on any atom is 0.446 e. The van der Waals surface area contributed by atoms with Gasteiger partial charge in [-0.05, 0) is 67.1 Å². The number of halogens is 3. The Kier molecular flexibility index (Phi) is 7.57. The summed E-state index contributed by atoms with van der Waals surface area (Å²) in [6.45, 7) is 3.75. The fourth-order valence-electron chi connectivity index (χ4n) is 2.71. The molecule has 2 aromatic carbocycles. The molecule has 1 amide bonds. The number of benzene rings is 2. The lowest BCUT2D eigenvalue weighted by Gasteiger charge is -2.08. The summed E-state index contributed by atoms with van der Waals surface area (Å²) in [5.41, 5.74) is -1.01. The maximum atomic E-state index is 12.4. The molecule has 0 aliphatic carbocycles. The molecule has 0 saturated carbocycles. The van der Waals surface area contributed by atoms with Crippen molar-refractivity contribution in [3.8, 4) is 0 Å². The number of thiazole rings is 1. The summed E-state index contributed by atoms with van der Waals surface area (Å²) in [7, 11) is 0. The Bertz CT molecular complexity index is 1110. The molecule has 0 aliphatic heterocycles. The van der Waals surface area contributed by atoms with E-state index in [1.165, 1.54) is 35.6 Å². The zero-order valence-electron chi connectivity index (χ0n) is 17.2. The summed E-state index contributed by atoms with van der Waals surface area (Å²) >= 11 is 1.03. The number of amides is 1. The highest BCUT2D eigenvalue weighted by atomic mass is 32.2. The molecule has 0 atom stereocenters. The predicted molar refractivity (Wildman–Crippen MR) is 118 cm³/mol. The normalized spacial score (nSPS) is 11.3. The number of carbonyl (C=O) groups is 2. The zero-order valence-corrected chi connectivity index (χ0v) is 18.8. The number of aromatic nitrogens is 1. The summed E-state index contributed by atoms with van der Waals surface area (Å²) in [5.74, 6) is -0.871. The molecule has 10 heteroatoms. The van der Waals surface area contributed by atoms with Crippen LogP contribution in [0.1, 0.15) is 32.2 Å². The topological polar surface area (TPSA) is 68.3 Å². The van der Waals surface area contributed by atoms with E-state index in [1.54, 1.807) is 5.38 Å². The number of thioether (sulfide) groups is 1. The van der Waals surface area contributed by atoms with Gasteiger partial charge < -0.3 is 10.1 Å². The Morgan fingerprint density at radius 2 is 1.84 bits per heavy atom. The van der Waals surface area contributed by atoms with E-state index >= 15 is 0 Å². The van der Waals surface area contributed by atoms with Gasteiger partial charge >= 0.3 is 11.5 Å². The number of hydrogen-bond acceptors (Lipinski definition) is 6. The summed E-state index contributed by atoms with van der Waals surface area (Å²) in [6, 6.07) is 10.8. The minimum atomic E-state index is -4.39.